The highest BCUT2D eigenvalue weighted by Crippen LogP contribution is 2.45. The van der Waals surface area contributed by atoms with Gasteiger partial charge in [0, 0.05) is 12.1 Å². The van der Waals surface area contributed by atoms with Gasteiger partial charge in [0.1, 0.15) is 6.61 Å². The standard InChI is InChI=1S/C13H19NO4/c1-2-8-18-12(17)14-9-10(11(15)16)4-7-13(14)5-3-6-13/h2,10H,1,3-9H2,(H,15,16). The molecule has 5 nitrogen and oxygen atoms in total. The van der Waals surface area contributed by atoms with E-state index >= 15 is 0 Å². The lowest BCUT2D eigenvalue weighted by atomic mass is 9.68. The molecule has 100 valence electrons. The van der Waals surface area contributed by atoms with Crippen LogP contribution in [0.5, 0.6) is 0 Å². The lowest BCUT2D eigenvalue weighted by Crippen LogP contribution is -2.61. The normalized spacial score (nSPS) is 25.3. The van der Waals surface area contributed by atoms with Crippen molar-refractivity contribution in [1.82, 2.24) is 4.90 Å². The van der Waals surface area contributed by atoms with E-state index in [4.69, 9.17) is 9.84 Å². The third kappa shape index (κ3) is 2.21. The maximum Gasteiger partial charge on any atom is 0.410 e. The van der Waals surface area contributed by atoms with Gasteiger partial charge in [-0.05, 0) is 32.1 Å². The van der Waals surface area contributed by atoms with E-state index in [0.717, 1.165) is 25.7 Å². The number of amides is 1. The molecule has 18 heavy (non-hydrogen) atoms. The lowest BCUT2D eigenvalue weighted by molar-refractivity contribution is -0.146. The molecule has 1 saturated heterocycles. The highest BCUT2D eigenvalue weighted by molar-refractivity contribution is 5.74. The van der Waals surface area contributed by atoms with Gasteiger partial charge in [-0.2, -0.15) is 0 Å². The molecule has 1 amide bonds. The zero-order valence-electron chi connectivity index (χ0n) is 10.4. The highest BCUT2D eigenvalue weighted by Gasteiger charge is 2.49. The van der Waals surface area contributed by atoms with Gasteiger partial charge in [-0.15, -0.1) is 0 Å². The minimum absolute atomic E-state index is 0.135. The summed E-state index contributed by atoms with van der Waals surface area (Å²) in [4.78, 5) is 24.7. The Morgan fingerprint density at radius 3 is 2.67 bits per heavy atom. The summed E-state index contributed by atoms with van der Waals surface area (Å²) in [5.74, 6) is -1.29. The molecule has 0 bridgehead atoms. The summed E-state index contributed by atoms with van der Waals surface area (Å²) in [6.45, 7) is 3.94. The molecule has 1 spiro atoms. The second-order valence-corrected chi connectivity index (χ2v) is 5.13. The zero-order chi connectivity index (χ0) is 13.2. The predicted octanol–water partition coefficient (Wildman–Crippen LogP) is 2.03. The molecule has 1 N–H and O–H groups in total. The van der Waals surface area contributed by atoms with E-state index in [-0.39, 0.29) is 18.7 Å². The van der Waals surface area contributed by atoms with E-state index < -0.39 is 18.0 Å². The third-order valence-electron chi connectivity index (χ3n) is 4.11. The monoisotopic (exact) mass is 253 g/mol. The second kappa shape index (κ2) is 5.00. The lowest BCUT2D eigenvalue weighted by Gasteiger charge is -2.53. The summed E-state index contributed by atoms with van der Waals surface area (Å²) < 4.78 is 5.07. The first-order valence-electron chi connectivity index (χ1n) is 6.37. The molecule has 2 fully saturated rings. The maximum absolute atomic E-state index is 12.0. The molecular formula is C13H19NO4. The molecular weight excluding hydrogens is 234 g/mol. The van der Waals surface area contributed by atoms with Crippen LogP contribution >= 0.6 is 0 Å². The van der Waals surface area contributed by atoms with E-state index in [0.29, 0.717) is 6.42 Å². The van der Waals surface area contributed by atoms with Crippen molar-refractivity contribution in [2.24, 2.45) is 5.92 Å². The van der Waals surface area contributed by atoms with Gasteiger partial charge >= 0.3 is 12.1 Å². The number of nitrogens with zero attached hydrogens (tertiary/aromatic N) is 1. The molecule has 1 aliphatic carbocycles. The van der Waals surface area contributed by atoms with E-state index in [1.54, 1.807) is 4.90 Å². The van der Waals surface area contributed by atoms with Crippen LogP contribution in [-0.2, 0) is 9.53 Å². The van der Waals surface area contributed by atoms with Crippen LogP contribution in [0.3, 0.4) is 0 Å². The summed E-state index contributed by atoms with van der Waals surface area (Å²) >= 11 is 0. The van der Waals surface area contributed by atoms with Crippen molar-refractivity contribution in [1.29, 1.82) is 0 Å². The molecule has 0 aromatic rings. The highest BCUT2D eigenvalue weighted by atomic mass is 16.6. The zero-order valence-corrected chi connectivity index (χ0v) is 10.4. The van der Waals surface area contributed by atoms with Gasteiger partial charge in [-0.25, -0.2) is 4.79 Å². The maximum atomic E-state index is 12.0. The summed E-state index contributed by atoms with van der Waals surface area (Å²) in [5, 5.41) is 9.08. The molecule has 1 unspecified atom stereocenters. The van der Waals surface area contributed by atoms with Gasteiger partial charge in [0.05, 0.1) is 5.92 Å². The molecule has 1 aliphatic heterocycles. The summed E-state index contributed by atoms with van der Waals surface area (Å²) in [6, 6.07) is 0. The number of carboxylic acids is 1. The van der Waals surface area contributed by atoms with Gasteiger partial charge in [0.25, 0.3) is 0 Å². The van der Waals surface area contributed by atoms with Gasteiger partial charge in [0.2, 0.25) is 0 Å². The Morgan fingerprint density at radius 1 is 1.44 bits per heavy atom. The number of hydrogen-bond acceptors (Lipinski definition) is 3. The first-order valence-corrected chi connectivity index (χ1v) is 6.37. The SMILES string of the molecule is C=CCOC(=O)N1CC(C(=O)O)CCC12CCC2. The smallest absolute Gasteiger partial charge is 0.410 e. The van der Waals surface area contributed by atoms with E-state index in [2.05, 4.69) is 6.58 Å². The van der Waals surface area contributed by atoms with Gasteiger partial charge in [0.15, 0.2) is 0 Å². The minimum atomic E-state index is -0.828. The number of likely N-dealkylation sites (tertiary alicyclic amines) is 1. The van der Waals surface area contributed by atoms with Crippen LogP contribution < -0.4 is 0 Å². The van der Waals surface area contributed by atoms with E-state index in [9.17, 15) is 9.59 Å². The van der Waals surface area contributed by atoms with Crippen LogP contribution in [0.15, 0.2) is 12.7 Å². The molecule has 1 atom stereocenters. The summed E-state index contributed by atoms with van der Waals surface area (Å²) in [7, 11) is 0. The third-order valence-corrected chi connectivity index (χ3v) is 4.11. The molecule has 0 radical (unpaired) electrons. The van der Waals surface area contributed by atoms with Crippen molar-refractivity contribution in [2.45, 2.75) is 37.6 Å². The van der Waals surface area contributed by atoms with Gasteiger partial charge in [-0.3, -0.25) is 4.79 Å². The molecule has 1 heterocycles. The van der Waals surface area contributed by atoms with E-state index in [1.807, 2.05) is 0 Å². The molecule has 1 saturated carbocycles. The Bertz CT molecular complexity index is 362. The average molecular weight is 253 g/mol. The van der Waals surface area contributed by atoms with Crippen molar-refractivity contribution in [3.63, 3.8) is 0 Å². The fourth-order valence-corrected chi connectivity index (χ4v) is 2.87. The fourth-order valence-electron chi connectivity index (χ4n) is 2.87. The summed E-state index contributed by atoms with van der Waals surface area (Å²) in [5.41, 5.74) is -0.135. The molecule has 0 aromatic carbocycles. The Balaban J connectivity index is 2.07. The van der Waals surface area contributed by atoms with Crippen molar-refractivity contribution >= 4 is 12.1 Å². The van der Waals surface area contributed by atoms with E-state index in [1.165, 1.54) is 6.08 Å². The number of ether oxygens (including phenoxy) is 1. The largest absolute Gasteiger partial charge is 0.481 e. The van der Waals surface area contributed by atoms with Crippen LogP contribution in [-0.4, -0.2) is 40.8 Å². The first kappa shape index (κ1) is 12.9. The Kier molecular flexibility index (Phi) is 3.59. The minimum Gasteiger partial charge on any atom is -0.481 e. The number of piperidine rings is 1. The van der Waals surface area contributed by atoms with Crippen LogP contribution in [0.1, 0.15) is 32.1 Å². The van der Waals surface area contributed by atoms with Gasteiger partial charge < -0.3 is 14.7 Å². The topological polar surface area (TPSA) is 66.8 Å². The Morgan fingerprint density at radius 2 is 2.17 bits per heavy atom. The predicted molar refractivity (Wildman–Crippen MR) is 65.2 cm³/mol. The number of rotatable bonds is 3. The number of aliphatic carboxylic acids is 1. The molecule has 2 aliphatic rings. The first-order chi connectivity index (χ1) is 8.59. The van der Waals surface area contributed by atoms with Crippen molar-refractivity contribution in [2.75, 3.05) is 13.2 Å². The van der Waals surface area contributed by atoms with Crippen LogP contribution in [0.25, 0.3) is 0 Å². The Hall–Kier alpha value is -1.52. The molecule has 0 aromatic heterocycles. The number of carbonyl (C=O) groups excluding carboxylic acids is 1. The molecule has 2 rings (SSSR count). The van der Waals surface area contributed by atoms with Crippen LogP contribution in [0.4, 0.5) is 4.79 Å². The van der Waals surface area contributed by atoms with Crippen LogP contribution in [0.2, 0.25) is 0 Å². The Labute approximate surface area is 106 Å². The molecule has 5 heteroatoms. The second-order valence-electron chi connectivity index (χ2n) is 5.13. The van der Waals surface area contributed by atoms with Crippen molar-refractivity contribution in [3.05, 3.63) is 12.7 Å². The van der Waals surface area contributed by atoms with Crippen molar-refractivity contribution < 1.29 is 19.4 Å². The number of carbonyl (C=O) groups is 2. The number of hydrogen-bond donors (Lipinski definition) is 1. The van der Waals surface area contributed by atoms with Crippen molar-refractivity contribution in [3.8, 4) is 0 Å². The number of carboxylic acid groups (broad SMARTS) is 1. The summed E-state index contributed by atoms with van der Waals surface area (Å²) in [6.07, 6.45) is 5.56. The van der Waals surface area contributed by atoms with Crippen LogP contribution in [0, 0.1) is 5.92 Å². The quantitative estimate of drug-likeness (QED) is 0.781. The fraction of sp³-hybridized carbons (Fsp3) is 0.692. The van der Waals surface area contributed by atoms with Gasteiger partial charge in [-0.1, -0.05) is 12.7 Å². The average Bonchev–Trinajstić information content (AvgIpc) is 2.33.